The molecule has 1 atom stereocenters. The molecule has 1 amide bonds. The Morgan fingerprint density at radius 3 is 2.36 bits per heavy atom. The van der Waals surface area contributed by atoms with Crippen molar-refractivity contribution in [1.82, 2.24) is 19.4 Å². The van der Waals surface area contributed by atoms with Crippen LogP contribution in [0.5, 0.6) is 11.5 Å². The smallest absolute Gasteiger partial charge is 0.411 e. The number of hydrogen-bond donors (Lipinski definition) is 1. The van der Waals surface area contributed by atoms with Crippen molar-refractivity contribution < 1.29 is 28.6 Å². The van der Waals surface area contributed by atoms with Crippen molar-refractivity contribution in [3.8, 4) is 22.8 Å². The van der Waals surface area contributed by atoms with Crippen LogP contribution in [0.1, 0.15) is 39.1 Å². The SMILES string of the molecule is C[C@@H](C(=O)O)N(Cc1c(F)cc(Cl)cc1Oc1ccc(-c2cnc(CN(C)C)n2C)cc1)C(=O)OC(C)(C)C. The van der Waals surface area contributed by atoms with E-state index in [1.165, 1.54) is 13.0 Å². The van der Waals surface area contributed by atoms with Crippen molar-refractivity contribution in [2.75, 3.05) is 14.1 Å². The first-order valence-electron chi connectivity index (χ1n) is 12.3. The topological polar surface area (TPSA) is 97.1 Å². The second kappa shape index (κ2) is 12.0. The summed E-state index contributed by atoms with van der Waals surface area (Å²) in [5.74, 6) is -0.652. The molecular formula is C28H34ClFN4O5. The fourth-order valence-electron chi connectivity index (χ4n) is 3.77. The zero-order valence-electron chi connectivity index (χ0n) is 23.2. The lowest BCUT2D eigenvalue weighted by molar-refractivity contribution is -0.142. The highest BCUT2D eigenvalue weighted by atomic mass is 35.5. The van der Waals surface area contributed by atoms with Crippen molar-refractivity contribution >= 4 is 23.7 Å². The molecule has 0 saturated heterocycles. The predicted octanol–water partition coefficient (Wildman–Crippen LogP) is 5.94. The summed E-state index contributed by atoms with van der Waals surface area (Å²) in [5, 5.41) is 9.66. The molecule has 3 rings (SSSR count). The third kappa shape index (κ3) is 7.70. The molecule has 3 aromatic rings. The first-order chi connectivity index (χ1) is 18.2. The summed E-state index contributed by atoms with van der Waals surface area (Å²) in [7, 11) is 5.89. The fourth-order valence-corrected chi connectivity index (χ4v) is 3.97. The number of imidazole rings is 1. The number of rotatable bonds is 9. The monoisotopic (exact) mass is 560 g/mol. The van der Waals surface area contributed by atoms with Crippen LogP contribution in [-0.4, -0.2) is 62.3 Å². The number of aromatic nitrogens is 2. The number of amides is 1. The molecule has 2 aromatic carbocycles. The van der Waals surface area contributed by atoms with Gasteiger partial charge < -0.3 is 24.0 Å². The molecule has 39 heavy (non-hydrogen) atoms. The van der Waals surface area contributed by atoms with Crippen molar-refractivity contribution in [2.24, 2.45) is 7.05 Å². The third-order valence-corrected chi connectivity index (χ3v) is 6.04. The molecule has 0 spiro atoms. The number of carboxylic acids is 1. The van der Waals surface area contributed by atoms with E-state index in [-0.39, 0.29) is 16.3 Å². The molecule has 9 nitrogen and oxygen atoms in total. The van der Waals surface area contributed by atoms with E-state index < -0.39 is 36.1 Å². The summed E-state index contributed by atoms with van der Waals surface area (Å²) in [4.78, 5) is 32.1. The lowest BCUT2D eigenvalue weighted by atomic mass is 10.1. The van der Waals surface area contributed by atoms with E-state index in [4.69, 9.17) is 21.1 Å². The van der Waals surface area contributed by atoms with E-state index in [1.807, 2.05) is 42.7 Å². The molecule has 11 heteroatoms. The maximum atomic E-state index is 15.2. The number of carbonyl (C=O) groups is 2. The molecule has 0 aliphatic carbocycles. The summed E-state index contributed by atoms with van der Waals surface area (Å²) in [6, 6.07) is 8.36. The van der Waals surface area contributed by atoms with Gasteiger partial charge in [0, 0.05) is 17.6 Å². The highest BCUT2D eigenvalue weighted by Gasteiger charge is 2.32. The van der Waals surface area contributed by atoms with Gasteiger partial charge in [-0.15, -0.1) is 0 Å². The van der Waals surface area contributed by atoms with Gasteiger partial charge in [-0.2, -0.15) is 0 Å². The van der Waals surface area contributed by atoms with Gasteiger partial charge in [-0.25, -0.2) is 19.0 Å². The first-order valence-corrected chi connectivity index (χ1v) is 12.7. The van der Waals surface area contributed by atoms with E-state index in [9.17, 15) is 14.7 Å². The number of nitrogens with zero attached hydrogens (tertiary/aromatic N) is 4. The van der Waals surface area contributed by atoms with Gasteiger partial charge in [-0.05, 0) is 78.2 Å². The maximum Gasteiger partial charge on any atom is 0.411 e. The van der Waals surface area contributed by atoms with Crippen LogP contribution in [0, 0.1) is 5.82 Å². The van der Waals surface area contributed by atoms with Crippen LogP contribution in [-0.2, 0) is 29.7 Å². The standard InChI is InChI=1S/C28H34ClFN4O5/c1-17(26(35)36)34(27(37)39-28(2,3)4)15-21-22(30)12-19(29)13-24(21)38-20-10-8-18(9-11-20)23-14-31-25(33(23)7)16-32(5)6/h8-14,17H,15-16H2,1-7H3,(H,35,36)/t17-/m0/s1. The summed E-state index contributed by atoms with van der Waals surface area (Å²) < 4.78 is 28.5. The Morgan fingerprint density at radius 2 is 1.79 bits per heavy atom. The molecule has 0 unspecified atom stereocenters. The normalized spacial score (nSPS) is 12.4. The van der Waals surface area contributed by atoms with Crippen molar-refractivity contribution in [2.45, 2.75) is 52.4 Å². The van der Waals surface area contributed by atoms with Gasteiger partial charge in [0.25, 0.3) is 0 Å². The van der Waals surface area contributed by atoms with Crippen LogP contribution in [0.4, 0.5) is 9.18 Å². The molecule has 0 radical (unpaired) electrons. The van der Waals surface area contributed by atoms with Crippen LogP contribution in [0.2, 0.25) is 5.02 Å². The lowest BCUT2D eigenvalue weighted by Crippen LogP contribution is -2.45. The van der Waals surface area contributed by atoms with Gasteiger partial charge in [0.2, 0.25) is 0 Å². The molecule has 0 saturated carbocycles. The second-order valence-electron chi connectivity index (χ2n) is 10.5. The van der Waals surface area contributed by atoms with Gasteiger partial charge >= 0.3 is 12.1 Å². The Morgan fingerprint density at radius 1 is 1.15 bits per heavy atom. The predicted molar refractivity (Wildman–Crippen MR) is 146 cm³/mol. The van der Waals surface area contributed by atoms with Gasteiger partial charge in [0.15, 0.2) is 0 Å². The Balaban J connectivity index is 1.91. The van der Waals surface area contributed by atoms with Crippen LogP contribution in [0.25, 0.3) is 11.3 Å². The molecule has 210 valence electrons. The van der Waals surface area contributed by atoms with Crippen LogP contribution in [0.15, 0.2) is 42.6 Å². The minimum atomic E-state index is -1.29. The zero-order chi connectivity index (χ0) is 29.1. The van der Waals surface area contributed by atoms with E-state index in [1.54, 1.807) is 39.1 Å². The average Bonchev–Trinajstić information content (AvgIpc) is 3.16. The number of hydrogen-bond acceptors (Lipinski definition) is 6. The molecular weight excluding hydrogens is 527 g/mol. The maximum absolute atomic E-state index is 15.2. The number of aliphatic carboxylic acids is 1. The van der Waals surface area contributed by atoms with E-state index in [0.717, 1.165) is 28.0 Å². The van der Waals surface area contributed by atoms with E-state index >= 15 is 4.39 Å². The average molecular weight is 561 g/mol. The van der Waals surface area contributed by atoms with Crippen molar-refractivity contribution in [3.05, 3.63) is 64.8 Å². The second-order valence-corrected chi connectivity index (χ2v) is 10.9. The Kier molecular flexibility index (Phi) is 9.24. The summed E-state index contributed by atoms with van der Waals surface area (Å²) in [5.41, 5.74) is 0.908. The number of halogens is 2. The molecule has 0 fully saturated rings. The van der Waals surface area contributed by atoms with Gasteiger partial charge in [-0.3, -0.25) is 4.90 Å². The molecule has 0 aliphatic rings. The molecule has 0 aliphatic heterocycles. The third-order valence-electron chi connectivity index (χ3n) is 5.82. The summed E-state index contributed by atoms with van der Waals surface area (Å²) in [6.45, 7) is 6.57. The highest BCUT2D eigenvalue weighted by molar-refractivity contribution is 6.30. The van der Waals surface area contributed by atoms with Gasteiger partial charge in [0.05, 0.1) is 30.5 Å². The molecule has 1 aromatic heterocycles. The van der Waals surface area contributed by atoms with Gasteiger partial charge in [-0.1, -0.05) is 11.6 Å². The zero-order valence-corrected chi connectivity index (χ0v) is 23.9. The molecule has 1 heterocycles. The van der Waals surface area contributed by atoms with E-state index in [0.29, 0.717) is 12.3 Å². The first kappa shape index (κ1) is 29.9. The Bertz CT molecular complexity index is 1330. The fraction of sp³-hybridized carbons (Fsp3) is 0.393. The number of benzene rings is 2. The minimum absolute atomic E-state index is 0.0394. The van der Waals surface area contributed by atoms with Crippen LogP contribution >= 0.6 is 11.6 Å². The summed E-state index contributed by atoms with van der Waals surface area (Å²) in [6.07, 6.45) is 0.903. The highest BCUT2D eigenvalue weighted by Crippen LogP contribution is 2.33. The number of carbonyl (C=O) groups excluding carboxylic acids is 1. The minimum Gasteiger partial charge on any atom is -0.480 e. The van der Waals surface area contributed by atoms with Crippen molar-refractivity contribution in [1.29, 1.82) is 0 Å². The lowest BCUT2D eigenvalue weighted by Gasteiger charge is -2.30. The quantitative estimate of drug-likeness (QED) is 0.346. The molecule has 1 N–H and O–H groups in total. The van der Waals surface area contributed by atoms with Gasteiger partial charge in [0.1, 0.15) is 34.8 Å². The Labute approximate surface area is 232 Å². The van der Waals surface area contributed by atoms with Crippen molar-refractivity contribution in [3.63, 3.8) is 0 Å². The van der Waals surface area contributed by atoms with Crippen LogP contribution in [0.3, 0.4) is 0 Å². The number of ether oxygens (including phenoxy) is 2. The Hall–Kier alpha value is -3.63. The molecule has 0 bridgehead atoms. The van der Waals surface area contributed by atoms with Crippen LogP contribution < -0.4 is 4.74 Å². The number of carboxylic acid groups (broad SMARTS) is 1. The summed E-state index contributed by atoms with van der Waals surface area (Å²) >= 11 is 6.12. The largest absolute Gasteiger partial charge is 0.480 e. The van der Waals surface area contributed by atoms with E-state index in [2.05, 4.69) is 4.98 Å².